The van der Waals surface area contributed by atoms with Gasteiger partial charge in [0.05, 0.1) is 18.2 Å². The Morgan fingerprint density at radius 3 is 2.48 bits per heavy atom. The summed E-state index contributed by atoms with van der Waals surface area (Å²) in [5.74, 6) is -0.693. The van der Waals surface area contributed by atoms with Crippen LogP contribution in [0.1, 0.15) is 40.3 Å². The number of nitrogens with zero attached hydrogens (tertiary/aromatic N) is 1. The van der Waals surface area contributed by atoms with Crippen LogP contribution in [-0.2, 0) is 16.0 Å². The molecule has 0 spiro atoms. The molecule has 1 amide bonds. The Morgan fingerprint density at radius 2 is 1.73 bits per heavy atom. The Morgan fingerprint density at radius 1 is 0.970 bits per heavy atom. The predicted molar refractivity (Wildman–Crippen MR) is 127 cm³/mol. The topological polar surface area (TPSA) is 66.8 Å². The second-order valence-corrected chi connectivity index (χ2v) is 8.70. The summed E-state index contributed by atoms with van der Waals surface area (Å²) in [4.78, 5) is 28.1. The maximum absolute atomic E-state index is 13.3. The smallest absolute Gasteiger partial charge is 0.300 e. The first-order valence-electron chi connectivity index (χ1n) is 11.1. The lowest BCUT2D eigenvalue weighted by Gasteiger charge is -2.26. The van der Waals surface area contributed by atoms with Crippen molar-refractivity contribution in [2.24, 2.45) is 0 Å². The summed E-state index contributed by atoms with van der Waals surface area (Å²) < 4.78 is 5.68. The van der Waals surface area contributed by atoms with E-state index in [2.05, 4.69) is 0 Å². The van der Waals surface area contributed by atoms with Gasteiger partial charge in [-0.05, 0) is 73.7 Å². The van der Waals surface area contributed by atoms with E-state index in [0.717, 1.165) is 40.8 Å². The third kappa shape index (κ3) is 3.69. The van der Waals surface area contributed by atoms with Crippen molar-refractivity contribution >= 4 is 23.1 Å². The number of hydrogen-bond acceptors (Lipinski definition) is 4. The van der Waals surface area contributed by atoms with Gasteiger partial charge in [0.1, 0.15) is 11.5 Å². The number of ketones is 1. The minimum atomic E-state index is -0.723. The number of carbonyl (C=O) groups is 2. The summed E-state index contributed by atoms with van der Waals surface area (Å²) in [7, 11) is 0. The van der Waals surface area contributed by atoms with E-state index < -0.39 is 17.7 Å². The summed E-state index contributed by atoms with van der Waals surface area (Å²) in [6.07, 6.45) is 1.74. The number of carbonyl (C=O) groups excluding carboxylic acids is 2. The van der Waals surface area contributed by atoms with Crippen LogP contribution in [0.25, 0.3) is 5.76 Å². The Hall–Kier alpha value is -3.86. The number of ether oxygens (including phenoxy) is 1. The lowest BCUT2D eigenvalue weighted by molar-refractivity contribution is -0.132. The van der Waals surface area contributed by atoms with Crippen molar-refractivity contribution in [2.45, 2.75) is 32.7 Å². The molecule has 2 aliphatic rings. The largest absolute Gasteiger partial charge is 0.507 e. The molecule has 1 unspecified atom stereocenters. The number of anilines is 1. The number of fused-ring (bicyclic) bond motifs is 1. The summed E-state index contributed by atoms with van der Waals surface area (Å²) in [5.41, 5.74) is 4.99. The molecular weight excluding hydrogens is 414 g/mol. The van der Waals surface area contributed by atoms with Crippen LogP contribution in [-0.4, -0.2) is 23.4 Å². The lowest BCUT2D eigenvalue weighted by Crippen LogP contribution is -2.29. The highest BCUT2D eigenvalue weighted by Gasteiger charge is 2.47. The Labute approximate surface area is 192 Å². The van der Waals surface area contributed by atoms with E-state index in [-0.39, 0.29) is 11.3 Å². The molecule has 1 N–H and O–H groups in total. The molecule has 5 nitrogen and oxygen atoms in total. The van der Waals surface area contributed by atoms with Crippen LogP contribution in [0.2, 0.25) is 0 Å². The first kappa shape index (κ1) is 21.0. The maximum Gasteiger partial charge on any atom is 0.300 e. The zero-order valence-electron chi connectivity index (χ0n) is 18.7. The first-order valence-corrected chi connectivity index (χ1v) is 11.1. The minimum absolute atomic E-state index is 0.101. The minimum Gasteiger partial charge on any atom is -0.507 e. The van der Waals surface area contributed by atoms with Crippen LogP contribution in [0, 0.1) is 13.8 Å². The van der Waals surface area contributed by atoms with Crippen LogP contribution in [0.5, 0.6) is 5.75 Å². The highest BCUT2D eigenvalue weighted by Crippen LogP contribution is 2.43. The average Bonchev–Trinajstić information content (AvgIpc) is 3.09. The number of amides is 1. The summed E-state index contributed by atoms with van der Waals surface area (Å²) in [6, 6.07) is 19.9. The Kier molecular flexibility index (Phi) is 5.25. The maximum atomic E-state index is 13.3. The van der Waals surface area contributed by atoms with E-state index in [1.165, 1.54) is 4.90 Å². The van der Waals surface area contributed by atoms with Gasteiger partial charge in [0, 0.05) is 11.3 Å². The van der Waals surface area contributed by atoms with E-state index in [0.29, 0.717) is 17.9 Å². The predicted octanol–water partition coefficient (Wildman–Crippen LogP) is 5.25. The fourth-order valence-electron chi connectivity index (χ4n) is 4.70. The highest BCUT2D eigenvalue weighted by molar-refractivity contribution is 6.51. The van der Waals surface area contributed by atoms with Gasteiger partial charge in [0.15, 0.2) is 0 Å². The van der Waals surface area contributed by atoms with Gasteiger partial charge in [-0.25, -0.2) is 0 Å². The quantitative estimate of drug-likeness (QED) is 0.344. The standard InChI is InChI=1S/C28H25NO4/c1-17-6-3-8-20(14-17)25-24(26(30)21-11-12-23-19(16-21)9-5-13-33-23)27(31)28(32)29(25)22-10-4-7-18(2)15-22/h3-4,6-8,10-12,14-16,25,30H,5,9,13H2,1-2H3/b26-24-. The zero-order valence-corrected chi connectivity index (χ0v) is 18.7. The summed E-state index contributed by atoms with van der Waals surface area (Å²) >= 11 is 0. The second-order valence-electron chi connectivity index (χ2n) is 8.70. The molecule has 5 rings (SSSR count). The molecule has 1 atom stereocenters. The summed E-state index contributed by atoms with van der Waals surface area (Å²) in [6.45, 7) is 4.58. The number of rotatable bonds is 3. The van der Waals surface area contributed by atoms with Crippen LogP contribution >= 0.6 is 0 Å². The zero-order chi connectivity index (χ0) is 23.1. The van der Waals surface area contributed by atoms with E-state index in [1.54, 1.807) is 6.07 Å². The SMILES string of the molecule is Cc1cccc(C2/C(=C(/O)c3ccc4c(c3)CCCO4)C(=O)C(=O)N2c2cccc(C)c2)c1. The normalized spacial score (nSPS) is 19.3. The van der Waals surface area contributed by atoms with E-state index in [1.807, 2.05) is 74.5 Å². The molecule has 5 heteroatoms. The number of aryl methyl sites for hydroxylation is 3. The van der Waals surface area contributed by atoms with Gasteiger partial charge < -0.3 is 9.84 Å². The molecule has 0 aromatic heterocycles. The average molecular weight is 440 g/mol. The Balaban J connectivity index is 1.71. The molecule has 2 aliphatic heterocycles. The van der Waals surface area contributed by atoms with Crippen molar-refractivity contribution in [2.75, 3.05) is 11.5 Å². The van der Waals surface area contributed by atoms with Crippen molar-refractivity contribution in [3.63, 3.8) is 0 Å². The van der Waals surface area contributed by atoms with Crippen molar-refractivity contribution in [3.8, 4) is 5.75 Å². The molecule has 2 heterocycles. The number of aliphatic hydroxyl groups excluding tert-OH is 1. The third-order valence-corrected chi connectivity index (χ3v) is 6.26. The van der Waals surface area contributed by atoms with Gasteiger partial charge in [-0.3, -0.25) is 14.5 Å². The third-order valence-electron chi connectivity index (χ3n) is 6.26. The molecule has 0 bridgehead atoms. The Bertz CT molecular complexity index is 1310. The van der Waals surface area contributed by atoms with Crippen molar-refractivity contribution in [3.05, 3.63) is 100 Å². The van der Waals surface area contributed by atoms with Crippen LogP contribution < -0.4 is 9.64 Å². The van der Waals surface area contributed by atoms with Gasteiger partial charge in [-0.1, -0.05) is 42.0 Å². The number of aliphatic hydroxyl groups is 1. The van der Waals surface area contributed by atoms with Crippen molar-refractivity contribution in [1.29, 1.82) is 0 Å². The van der Waals surface area contributed by atoms with Gasteiger partial charge in [0.25, 0.3) is 11.7 Å². The molecule has 3 aromatic carbocycles. The molecule has 33 heavy (non-hydrogen) atoms. The van der Waals surface area contributed by atoms with E-state index in [4.69, 9.17) is 4.74 Å². The van der Waals surface area contributed by atoms with Crippen LogP contribution in [0.15, 0.2) is 72.3 Å². The second kappa shape index (κ2) is 8.24. The highest BCUT2D eigenvalue weighted by atomic mass is 16.5. The fraction of sp³-hybridized carbons (Fsp3) is 0.214. The lowest BCUT2D eigenvalue weighted by atomic mass is 9.93. The van der Waals surface area contributed by atoms with Crippen LogP contribution in [0.3, 0.4) is 0 Å². The van der Waals surface area contributed by atoms with Gasteiger partial charge in [-0.2, -0.15) is 0 Å². The van der Waals surface area contributed by atoms with Crippen molar-refractivity contribution < 1.29 is 19.4 Å². The van der Waals surface area contributed by atoms with Crippen molar-refractivity contribution in [1.82, 2.24) is 0 Å². The van der Waals surface area contributed by atoms with Crippen LogP contribution in [0.4, 0.5) is 5.69 Å². The molecule has 166 valence electrons. The molecule has 0 aliphatic carbocycles. The fourth-order valence-corrected chi connectivity index (χ4v) is 4.70. The van der Waals surface area contributed by atoms with Gasteiger partial charge >= 0.3 is 0 Å². The van der Waals surface area contributed by atoms with Gasteiger partial charge in [0.2, 0.25) is 0 Å². The molecule has 0 radical (unpaired) electrons. The molecule has 1 fully saturated rings. The molecule has 3 aromatic rings. The number of hydrogen-bond donors (Lipinski definition) is 1. The number of benzene rings is 3. The number of Topliss-reactive ketones (excluding diaryl/α,β-unsaturated/α-hetero) is 1. The molecule has 0 saturated carbocycles. The van der Waals surface area contributed by atoms with Gasteiger partial charge in [-0.15, -0.1) is 0 Å². The monoisotopic (exact) mass is 439 g/mol. The van der Waals surface area contributed by atoms with E-state index >= 15 is 0 Å². The van der Waals surface area contributed by atoms with E-state index in [9.17, 15) is 14.7 Å². The molecular formula is C28H25NO4. The molecule has 1 saturated heterocycles. The summed E-state index contributed by atoms with van der Waals surface area (Å²) in [5, 5.41) is 11.4. The first-order chi connectivity index (χ1) is 15.9.